The molecule has 0 spiro atoms. The van der Waals surface area contributed by atoms with Crippen molar-refractivity contribution in [3.8, 4) is 0 Å². The summed E-state index contributed by atoms with van der Waals surface area (Å²) >= 11 is 11.8. The molecule has 0 aromatic heterocycles. The monoisotopic (exact) mass is 258 g/mol. The van der Waals surface area contributed by atoms with Crippen molar-refractivity contribution in [3.63, 3.8) is 0 Å². The third kappa shape index (κ3) is 2.39. The summed E-state index contributed by atoms with van der Waals surface area (Å²) in [6, 6.07) is 4.82. The second-order valence-corrected chi connectivity index (χ2v) is 4.60. The molecular weight excluding hydrogens is 247 g/mol. The van der Waals surface area contributed by atoms with Crippen molar-refractivity contribution in [1.82, 2.24) is 0 Å². The Hall–Kier alpha value is -0.990. The average molecular weight is 259 g/mol. The number of aliphatic carboxylic acids is 1. The minimum atomic E-state index is -1.07. The van der Waals surface area contributed by atoms with E-state index in [9.17, 15) is 9.90 Å². The van der Waals surface area contributed by atoms with E-state index in [4.69, 9.17) is 23.2 Å². The Kier molecular flexibility index (Phi) is 4.00. The first-order valence-electron chi connectivity index (χ1n) is 4.71. The van der Waals surface area contributed by atoms with Crippen LogP contribution >= 0.6 is 23.2 Å². The fourth-order valence-corrected chi connectivity index (χ4v) is 2.16. The fraction of sp³-hybridized carbons (Fsp3) is 0.250. The van der Waals surface area contributed by atoms with Crippen molar-refractivity contribution in [2.24, 2.45) is 0 Å². The number of allylic oxidation sites excluding steroid dienone is 1. The smallest absolute Gasteiger partial charge is 0.314 e. The number of halogens is 2. The van der Waals surface area contributed by atoms with Gasteiger partial charge in [-0.25, -0.2) is 0 Å². The molecule has 1 atom stereocenters. The third-order valence-corrected chi connectivity index (χ3v) is 3.10. The van der Waals surface area contributed by atoms with E-state index in [-0.39, 0.29) is 0 Å². The highest BCUT2D eigenvalue weighted by molar-refractivity contribution is 6.35. The van der Waals surface area contributed by atoms with Crippen molar-refractivity contribution >= 4 is 29.2 Å². The molecule has 1 aromatic carbocycles. The minimum absolute atomic E-state index is 0.309. The van der Waals surface area contributed by atoms with Crippen LogP contribution in [-0.2, 0) is 10.2 Å². The highest BCUT2D eigenvalue weighted by Crippen LogP contribution is 2.35. The predicted molar refractivity (Wildman–Crippen MR) is 66.3 cm³/mol. The van der Waals surface area contributed by atoms with Crippen LogP contribution in [0, 0.1) is 0 Å². The number of hydrogen-bond donors (Lipinski definition) is 1. The molecule has 0 aliphatic rings. The van der Waals surface area contributed by atoms with Crippen LogP contribution in [0.1, 0.15) is 18.9 Å². The van der Waals surface area contributed by atoms with E-state index < -0.39 is 11.4 Å². The first-order valence-corrected chi connectivity index (χ1v) is 5.47. The van der Waals surface area contributed by atoms with Gasteiger partial charge in [-0.2, -0.15) is 0 Å². The number of carboxylic acids is 1. The van der Waals surface area contributed by atoms with Crippen LogP contribution in [0.5, 0.6) is 0 Å². The van der Waals surface area contributed by atoms with E-state index in [2.05, 4.69) is 6.58 Å². The molecule has 0 amide bonds. The molecule has 2 nitrogen and oxygen atoms in total. The number of hydrogen-bond acceptors (Lipinski definition) is 1. The standard InChI is InChI=1S/C12H12Cl2O2/c1-3-6-12(2,11(15)16)9-5-4-8(13)7-10(9)14/h3-5,7H,1,6H2,2H3,(H,15,16). The fourth-order valence-electron chi connectivity index (χ4n) is 1.54. The van der Waals surface area contributed by atoms with Crippen molar-refractivity contribution in [2.75, 3.05) is 0 Å². The van der Waals surface area contributed by atoms with Crippen LogP contribution in [0.2, 0.25) is 10.0 Å². The van der Waals surface area contributed by atoms with E-state index in [0.29, 0.717) is 22.0 Å². The van der Waals surface area contributed by atoms with Crippen molar-refractivity contribution in [1.29, 1.82) is 0 Å². The molecule has 0 aliphatic carbocycles. The second kappa shape index (κ2) is 4.89. The van der Waals surface area contributed by atoms with Crippen molar-refractivity contribution < 1.29 is 9.90 Å². The van der Waals surface area contributed by atoms with Crippen LogP contribution in [0.15, 0.2) is 30.9 Å². The average Bonchev–Trinajstić information content (AvgIpc) is 2.17. The normalized spacial score (nSPS) is 14.2. The van der Waals surface area contributed by atoms with Gasteiger partial charge < -0.3 is 5.11 Å². The highest BCUT2D eigenvalue weighted by atomic mass is 35.5. The molecule has 0 saturated heterocycles. The van der Waals surface area contributed by atoms with E-state index in [1.54, 1.807) is 31.2 Å². The molecule has 0 aliphatic heterocycles. The molecule has 1 N–H and O–H groups in total. The largest absolute Gasteiger partial charge is 0.481 e. The molecule has 0 bridgehead atoms. The maximum absolute atomic E-state index is 11.3. The van der Waals surface area contributed by atoms with Crippen LogP contribution in [0.25, 0.3) is 0 Å². The van der Waals surface area contributed by atoms with Gasteiger partial charge in [0.25, 0.3) is 0 Å². The summed E-state index contributed by atoms with van der Waals surface area (Å²) in [4.78, 5) is 11.3. The SMILES string of the molecule is C=CCC(C)(C(=O)O)c1ccc(Cl)cc1Cl. The summed E-state index contributed by atoms with van der Waals surface area (Å²) in [6.07, 6.45) is 1.88. The molecule has 1 aromatic rings. The van der Waals surface area contributed by atoms with Crippen LogP contribution in [-0.4, -0.2) is 11.1 Å². The first-order chi connectivity index (χ1) is 7.41. The lowest BCUT2D eigenvalue weighted by Crippen LogP contribution is -2.32. The molecular formula is C12H12Cl2O2. The van der Waals surface area contributed by atoms with Gasteiger partial charge in [-0.05, 0) is 31.0 Å². The lowest BCUT2D eigenvalue weighted by molar-refractivity contribution is -0.143. The quantitative estimate of drug-likeness (QED) is 0.832. The number of carbonyl (C=O) groups is 1. The lowest BCUT2D eigenvalue weighted by atomic mass is 9.79. The minimum Gasteiger partial charge on any atom is -0.481 e. The highest BCUT2D eigenvalue weighted by Gasteiger charge is 2.35. The summed E-state index contributed by atoms with van der Waals surface area (Å²) < 4.78 is 0. The van der Waals surface area contributed by atoms with Gasteiger partial charge in [-0.3, -0.25) is 4.79 Å². The molecule has 4 heteroatoms. The predicted octanol–water partition coefficient (Wildman–Crippen LogP) is 3.91. The lowest BCUT2D eigenvalue weighted by Gasteiger charge is -2.25. The van der Waals surface area contributed by atoms with Gasteiger partial charge in [0.1, 0.15) is 0 Å². The van der Waals surface area contributed by atoms with E-state index in [0.717, 1.165) is 0 Å². The zero-order valence-corrected chi connectivity index (χ0v) is 10.3. The topological polar surface area (TPSA) is 37.3 Å². The van der Waals surface area contributed by atoms with Crippen molar-refractivity contribution in [2.45, 2.75) is 18.8 Å². The molecule has 0 radical (unpaired) electrons. The van der Waals surface area contributed by atoms with Gasteiger partial charge in [0.2, 0.25) is 0 Å². The molecule has 86 valence electrons. The Morgan fingerprint density at radius 3 is 2.62 bits per heavy atom. The Morgan fingerprint density at radius 1 is 1.56 bits per heavy atom. The first kappa shape index (κ1) is 13.1. The number of rotatable bonds is 4. The molecule has 0 heterocycles. The Labute approximate surface area is 104 Å². The molecule has 0 fully saturated rings. The van der Waals surface area contributed by atoms with Crippen molar-refractivity contribution in [3.05, 3.63) is 46.5 Å². The summed E-state index contributed by atoms with van der Waals surface area (Å²) in [5.41, 5.74) is -0.519. The molecule has 0 saturated carbocycles. The molecule has 1 unspecified atom stereocenters. The van der Waals surface area contributed by atoms with Gasteiger partial charge in [0.15, 0.2) is 0 Å². The zero-order valence-electron chi connectivity index (χ0n) is 8.84. The van der Waals surface area contributed by atoms with Gasteiger partial charge in [0.05, 0.1) is 5.41 Å². The number of benzene rings is 1. The van der Waals surface area contributed by atoms with E-state index in [1.165, 1.54) is 0 Å². The van der Waals surface area contributed by atoms with Crippen LogP contribution in [0.4, 0.5) is 0 Å². The third-order valence-electron chi connectivity index (χ3n) is 2.55. The van der Waals surface area contributed by atoms with Crippen LogP contribution in [0.3, 0.4) is 0 Å². The van der Waals surface area contributed by atoms with E-state index in [1.807, 2.05) is 0 Å². The van der Waals surface area contributed by atoms with Crippen LogP contribution < -0.4 is 0 Å². The zero-order chi connectivity index (χ0) is 12.3. The maximum atomic E-state index is 11.3. The Balaban J connectivity index is 3.31. The summed E-state index contributed by atoms with van der Waals surface area (Å²) in [5, 5.41) is 10.1. The summed E-state index contributed by atoms with van der Waals surface area (Å²) in [7, 11) is 0. The van der Waals surface area contributed by atoms with Gasteiger partial charge >= 0.3 is 5.97 Å². The Bertz CT molecular complexity index is 429. The van der Waals surface area contributed by atoms with Gasteiger partial charge in [0, 0.05) is 10.0 Å². The maximum Gasteiger partial charge on any atom is 0.314 e. The molecule has 1 rings (SSSR count). The number of carboxylic acid groups (broad SMARTS) is 1. The second-order valence-electron chi connectivity index (χ2n) is 3.75. The summed E-state index contributed by atoms with van der Waals surface area (Å²) in [5.74, 6) is -0.934. The molecule has 16 heavy (non-hydrogen) atoms. The Morgan fingerprint density at radius 2 is 2.19 bits per heavy atom. The van der Waals surface area contributed by atoms with Gasteiger partial charge in [-0.15, -0.1) is 6.58 Å². The van der Waals surface area contributed by atoms with E-state index >= 15 is 0 Å². The van der Waals surface area contributed by atoms with Gasteiger partial charge in [-0.1, -0.05) is 35.3 Å². The summed E-state index contributed by atoms with van der Waals surface area (Å²) in [6.45, 7) is 5.19.